The Kier molecular flexibility index (Phi) is 2.99. The Morgan fingerprint density at radius 1 is 1.13 bits per heavy atom. The zero-order chi connectivity index (χ0) is 10.7. The van der Waals surface area contributed by atoms with E-state index in [0.717, 1.165) is 0 Å². The van der Waals surface area contributed by atoms with Gasteiger partial charge >= 0.3 is 0 Å². The highest BCUT2D eigenvalue weighted by atomic mass is 14.9. The summed E-state index contributed by atoms with van der Waals surface area (Å²) in [5.74, 6) is 0. The highest BCUT2D eigenvalue weighted by molar-refractivity contribution is 5.44. The van der Waals surface area contributed by atoms with Gasteiger partial charge in [0.25, 0.3) is 0 Å². The van der Waals surface area contributed by atoms with Crippen LogP contribution in [-0.2, 0) is 0 Å². The fourth-order valence-electron chi connectivity index (χ4n) is 2.69. The summed E-state index contributed by atoms with van der Waals surface area (Å²) in [6, 6.07) is 11.2. The fourth-order valence-corrected chi connectivity index (χ4v) is 2.69. The van der Waals surface area contributed by atoms with E-state index in [-0.39, 0.29) is 0 Å². The first-order chi connectivity index (χ1) is 7.28. The van der Waals surface area contributed by atoms with Gasteiger partial charge in [-0.15, -0.1) is 0 Å². The van der Waals surface area contributed by atoms with Crippen molar-refractivity contribution in [1.29, 1.82) is 0 Å². The second-order valence-electron chi connectivity index (χ2n) is 4.82. The Hall–Kier alpha value is -0.980. The van der Waals surface area contributed by atoms with Crippen LogP contribution in [0.1, 0.15) is 39.5 Å². The Morgan fingerprint density at radius 3 is 2.27 bits per heavy atom. The van der Waals surface area contributed by atoms with Crippen molar-refractivity contribution < 1.29 is 0 Å². The number of hydrogen-bond acceptors (Lipinski definition) is 1. The molecule has 1 saturated carbocycles. The van der Waals surface area contributed by atoms with Crippen LogP contribution in [0.5, 0.6) is 0 Å². The highest BCUT2D eigenvalue weighted by Gasteiger charge is 2.40. The predicted molar refractivity (Wildman–Crippen MR) is 66.1 cm³/mol. The zero-order valence-electron chi connectivity index (χ0n) is 9.79. The van der Waals surface area contributed by atoms with Crippen LogP contribution < -0.4 is 5.32 Å². The minimum absolute atomic E-state index is 0.645. The second-order valence-corrected chi connectivity index (χ2v) is 4.82. The maximum atomic E-state index is 3.60. The quantitative estimate of drug-likeness (QED) is 0.778. The van der Waals surface area contributed by atoms with Crippen molar-refractivity contribution in [3.8, 4) is 0 Å². The number of nitrogens with one attached hydrogen (secondary N) is 1. The lowest BCUT2D eigenvalue weighted by molar-refractivity contribution is 0.103. The maximum Gasteiger partial charge on any atom is 0.0342 e. The van der Waals surface area contributed by atoms with Gasteiger partial charge in [0.1, 0.15) is 0 Å². The summed E-state index contributed by atoms with van der Waals surface area (Å²) in [4.78, 5) is 0. The lowest BCUT2D eigenvalue weighted by atomic mass is 9.62. The summed E-state index contributed by atoms with van der Waals surface area (Å²) in [6.45, 7) is 4.64. The third-order valence-corrected chi connectivity index (χ3v) is 4.00. The molecule has 0 unspecified atom stereocenters. The molecule has 0 saturated heterocycles. The molecular formula is C14H21N. The van der Waals surface area contributed by atoms with E-state index in [1.807, 2.05) is 0 Å². The minimum atomic E-state index is 0.645. The lowest BCUT2D eigenvalue weighted by Gasteiger charge is -2.47. The van der Waals surface area contributed by atoms with Crippen molar-refractivity contribution in [2.45, 2.75) is 45.6 Å². The van der Waals surface area contributed by atoms with E-state index in [4.69, 9.17) is 0 Å². The largest absolute Gasteiger partial charge is 0.382 e. The van der Waals surface area contributed by atoms with Crippen molar-refractivity contribution in [3.05, 3.63) is 30.3 Å². The first-order valence-corrected chi connectivity index (χ1v) is 6.09. The molecule has 0 radical (unpaired) electrons. The Morgan fingerprint density at radius 2 is 1.73 bits per heavy atom. The molecule has 1 N–H and O–H groups in total. The van der Waals surface area contributed by atoms with Gasteiger partial charge in [0.2, 0.25) is 0 Å². The molecule has 0 atom stereocenters. The molecule has 0 spiro atoms. The molecule has 2 rings (SSSR count). The number of para-hydroxylation sites is 1. The van der Waals surface area contributed by atoms with Crippen molar-refractivity contribution >= 4 is 5.69 Å². The van der Waals surface area contributed by atoms with E-state index >= 15 is 0 Å². The first kappa shape index (κ1) is 10.5. The Labute approximate surface area is 92.9 Å². The topological polar surface area (TPSA) is 12.0 Å². The number of benzene rings is 1. The van der Waals surface area contributed by atoms with Gasteiger partial charge in [0.05, 0.1) is 0 Å². The van der Waals surface area contributed by atoms with E-state index in [2.05, 4.69) is 49.5 Å². The van der Waals surface area contributed by atoms with Crippen LogP contribution in [0.2, 0.25) is 0 Å². The van der Waals surface area contributed by atoms with E-state index in [9.17, 15) is 0 Å². The van der Waals surface area contributed by atoms with Crippen LogP contribution in [0.3, 0.4) is 0 Å². The van der Waals surface area contributed by atoms with Crippen LogP contribution in [0.4, 0.5) is 5.69 Å². The van der Waals surface area contributed by atoms with E-state index in [1.165, 1.54) is 31.4 Å². The average Bonchev–Trinajstić information content (AvgIpc) is 2.24. The molecule has 0 heterocycles. The van der Waals surface area contributed by atoms with Crippen LogP contribution >= 0.6 is 0 Å². The molecule has 1 heteroatoms. The van der Waals surface area contributed by atoms with Gasteiger partial charge in [-0.2, -0.15) is 0 Å². The van der Waals surface area contributed by atoms with Gasteiger partial charge in [0.15, 0.2) is 0 Å². The third kappa shape index (κ3) is 2.17. The molecule has 1 nitrogen and oxygen atoms in total. The smallest absolute Gasteiger partial charge is 0.0342 e. The molecule has 1 aromatic carbocycles. The minimum Gasteiger partial charge on any atom is -0.382 e. The number of rotatable bonds is 4. The molecule has 1 aromatic rings. The maximum absolute atomic E-state index is 3.60. The summed E-state index contributed by atoms with van der Waals surface area (Å²) in [6.07, 6.45) is 5.34. The fraction of sp³-hybridized carbons (Fsp3) is 0.571. The van der Waals surface area contributed by atoms with Gasteiger partial charge in [-0.1, -0.05) is 44.9 Å². The van der Waals surface area contributed by atoms with E-state index in [1.54, 1.807) is 0 Å². The van der Waals surface area contributed by atoms with Crippen LogP contribution in [0, 0.1) is 5.41 Å². The molecule has 0 aromatic heterocycles. The summed E-state index contributed by atoms with van der Waals surface area (Å²) in [5, 5.41) is 3.60. The summed E-state index contributed by atoms with van der Waals surface area (Å²) in [5.41, 5.74) is 1.91. The normalized spacial score (nSPS) is 19.6. The van der Waals surface area contributed by atoms with Crippen molar-refractivity contribution in [3.63, 3.8) is 0 Å². The molecule has 1 aliphatic rings. The molecule has 0 aliphatic heterocycles. The lowest BCUT2D eigenvalue weighted by Crippen LogP contribution is -2.44. The van der Waals surface area contributed by atoms with Gasteiger partial charge in [-0.3, -0.25) is 0 Å². The monoisotopic (exact) mass is 203 g/mol. The van der Waals surface area contributed by atoms with Gasteiger partial charge in [0, 0.05) is 11.7 Å². The van der Waals surface area contributed by atoms with Crippen molar-refractivity contribution in [1.82, 2.24) is 0 Å². The Balaban J connectivity index is 1.86. The van der Waals surface area contributed by atoms with Crippen LogP contribution in [-0.4, -0.2) is 6.04 Å². The predicted octanol–water partition coefficient (Wildman–Crippen LogP) is 4.07. The molecular weight excluding hydrogens is 182 g/mol. The standard InChI is InChI=1S/C14H21N/c1-3-14(4-2)10-13(11-14)15-12-8-6-5-7-9-12/h5-9,13,15H,3-4,10-11H2,1-2H3. The third-order valence-electron chi connectivity index (χ3n) is 4.00. The molecule has 1 aliphatic carbocycles. The van der Waals surface area contributed by atoms with Crippen molar-refractivity contribution in [2.75, 3.05) is 5.32 Å². The van der Waals surface area contributed by atoms with Gasteiger partial charge in [-0.25, -0.2) is 0 Å². The molecule has 0 bridgehead atoms. The van der Waals surface area contributed by atoms with E-state index in [0.29, 0.717) is 11.5 Å². The molecule has 82 valence electrons. The summed E-state index contributed by atoms with van der Waals surface area (Å²) >= 11 is 0. The van der Waals surface area contributed by atoms with Crippen LogP contribution in [0.15, 0.2) is 30.3 Å². The van der Waals surface area contributed by atoms with Gasteiger partial charge < -0.3 is 5.32 Å². The first-order valence-electron chi connectivity index (χ1n) is 6.09. The number of hydrogen-bond donors (Lipinski definition) is 1. The van der Waals surface area contributed by atoms with Crippen LogP contribution in [0.25, 0.3) is 0 Å². The SMILES string of the molecule is CCC1(CC)CC(Nc2ccccc2)C1. The number of anilines is 1. The van der Waals surface area contributed by atoms with Crippen molar-refractivity contribution in [2.24, 2.45) is 5.41 Å². The summed E-state index contributed by atoms with van der Waals surface area (Å²) < 4.78 is 0. The zero-order valence-corrected chi connectivity index (χ0v) is 9.79. The second kappa shape index (κ2) is 4.26. The highest BCUT2D eigenvalue weighted by Crippen LogP contribution is 2.47. The molecule has 0 amide bonds. The Bertz CT molecular complexity index is 292. The van der Waals surface area contributed by atoms with Gasteiger partial charge in [-0.05, 0) is 30.4 Å². The molecule has 1 fully saturated rings. The molecule has 15 heavy (non-hydrogen) atoms. The average molecular weight is 203 g/mol. The summed E-state index contributed by atoms with van der Waals surface area (Å²) in [7, 11) is 0. The van der Waals surface area contributed by atoms with E-state index < -0.39 is 0 Å².